The SMILES string of the molecule is Cc1nccnc1C(N)c1oc2ccc(Br)cc2c1C. The van der Waals surface area contributed by atoms with Gasteiger partial charge in [-0.3, -0.25) is 9.97 Å². The van der Waals surface area contributed by atoms with E-state index < -0.39 is 6.04 Å². The highest BCUT2D eigenvalue weighted by Gasteiger charge is 2.21. The largest absolute Gasteiger partial charge is 0.459 e. The number of fused-ring (bicyclic) bond motifs is 1. The average Bonchev–Trinajstić information content (AvgIpc) is 2.76. The fraction of sp³-hybridized carbons (Fsp3) is 0.200. The standard InChI is InChI=1S/C15H14BrN3O/c1-8-11-7-10(16)3-4-12(11)20-15(8)13(17)14-9(2)18-5-6-19-14/h3-7,13H,17H2,1-2H3. The molecule has 0 spiro atoms. The Kier molecular flexibility index (Phi) is 3.31. The van der Waals surface area contributed by atoms with Crippen LogP contribution in [0, 0.1) is 13.8 Å². The number of furan rings is 1. The predicted octanol–water partition coefficient (Wildman–Crippen LogP) is 3.65. The summed E-state index contributed by atoms with van der Waals surface area (Å²) in [5.41, 5.74) is 9.75. The first-order chi connectivity index (χ1) is 9.58. The number of hydrogen-bond donors (Lipinski definition) is 1. The lowest BCUT2D eigenvalue weighted by Crippen LogP contribution is -2.15. The zero-order valence-electron chi connectivity index (χ0n) is 11.2. The van der Waals surface area contributed by atoms with Crippen molar-refractivity contribution in [1.29, 1.82) is 0 Å². The lowest BCUT2D eigenvalue weighted by molar-refractivity contribution is 0.515. The molecule has 0 saturated heterocycles. The summed E-state index contributed by atoms with van der Waals surface area (Å²) in [6, 6.07) is 5.52. The van der Waals surface area contributed by atoms with E-state index in [2.05, 4.69) is 25.9 Å². The van der Waals surface area contributed by atoms with Crippen LogP contribution in [0.5, 0.6) is 0 Å². The summed E-state index contributed by atoms with van der Waals surface area (Å²) < 4.78 is 6.93. The van der Waals surface area contributed by atoms with Crippen molar-refractivity contribution in [3.63, 3.8) is 0 Å². The summed E-state index contributed by atoms with van der Waals surface area (Å²) >= 11 is 3.47. The number of rotatable bonds is 2. The van der Waals surface area contributed by atoms with Crippen LogP contribution in [-0.2, 0) is 0 Å². The van der Waals surface area contributed by atoms with E-state index in [9.17, 15) is 0 Å². The van der Waals surface area contributed by atoms with E-state index in [0.717, 1.165) is 38.2 Å². The molecule has 2 heterocycles. The van der Waals surface area contributed by atoms with Gasteiger partial charge >= 0.3 is 0 Å². The number of aryl methyl sites for hydroxylation is 2. The minimum atomic E-state index is -0.408. The maximum atomic E-state index is 6.31. The van der Waals surface area contributed by atoms with Crippen molar-refractivity contribution in [1.82, 2.24) is 9.97 Å². The topological polar surface area (TPSA) is 64.9 Å². The Morgan fingerprint density at radius 2 is 1.95 bits per heavy atom. The molecule has 0 saturated carbocycles. The summed E-state index contributed by atoms with van der Waals surface area (Å²) in [5, 5.41) is 1.06. The Morgan fingerprint density at radius 1 is 1.20 bits per heavy atom. The molecule has 0 aliphatic heterocycles. The number of halogens is 1. The van der Waals surface area contributed by atoms with E-state index in [-0.39, 0.29) is 0 Å². The van der Waals surface area contributed by atoms with Gasteiger partial charge in [-0.1, -0.05) is 15.9 Å². The highest BCUT2D eigenvalue weighted by Crippen LogP contribution is 2.32. The molecule has 20 heavy (non-hydrogen) atoms. The molecule has 0 amide bonds. The molecule has 2 N–H and O–H groups in total. The smallest absolute Gasteiger partial charge is 0.134 e. The quantitative estimate of drug-likeness (QED) is 0.778. The number of aromatic nitrogens is 2. The van der Waals surface area contributed by atoms with Crippen molar-refractivity contribution in [3.05, 3.63) is 57.8 Å². The van der Waals surface area contributed by atoms with Crippen molar-refractivity contribution in [3.8, 4) is 0 Å². The Bertz CT molecular complexity index is 782. The minimum absolute atomic E-state index is 0.408. The van der Waals surface area contributed by atoms with Crippen molar-refractivity contribution in [2.45, 2.75) is 19.9 Å². The highest BCUT2D eigenvalue weighted by molar-refractivity contribution is 9.10. The minimum Gasteiger partial charge on any atom is -0.459 e. The molecular weight excluding hydrogens is 318 g/mol. The summed E-state index contributed by atoms with van der Waals surface area (Å²) in [5.74, 6) is 0.738. The van der Waals surface area contributed by atoms with Crippen LogP contribution in [0.2, 0.25) is 0 Å². The van der Waals surface area contributed by atoms with Crippen molar-refractivity contribution < 1.29 is 4.42 Å². The molecule has 4 nitrogen and oxygen atoms in total. The molecule has 1 unspecified atom stereocenters. The summed E-state index contributed by atoms with van der Waals surface area (Å²) in [4.78, 5) is 8.56. The molecule has 0 radical (unpaired) electrons. The highest BCUT2D eigenvalue weighted by atomic mass is 79.9. The fourth-order valence-electron chi connectivity index (χ4n) is 2.36. The third kappa shape index (κ3) is 2.13. The second-order valence-corrected chi connectivity index (χ2v) is 5.65. The van der Waals surface area contributed by atoms with Gasteiger partial charge in [0.25, 0.3) is 0 Å². The van der Waals surface area contributed by atoms with Crippen LogP contribution in [0.25, 0.3) is 11.0 Å². The fourth-order valence-corrected chi connectivity index (χ4v) is 2.72. The van der Waals surface area contributed by atoms with Gasteiger partial charge in [-0.15, -0.1) is 0 Å². The van der Waals surface area contributed by atoms with Crippen LogP contribution in [0.15, 0.2) is 39.5 Å². The second kappa shape index (κ2) is 5.00. The number of nitrogens with zero attached hydrogens (tertiary/aromatic N) is 2. The maximum Gasteiger partial charge on any atom is 0.134 e. The number of hydrogen-bond acceptors (Lipinski definition) is 4. The van der Waals surface area contributed by atoms with Gasteiger partial charge in [0.1, 0.15) is 17.4 Å². The lowest BCUT2D eigenvalue weighted by atomic mass is 10.0. The summed E-state index contributed by atoms with van der Waals surface area (Å²) in [6.07, 6.45) is 3.31. The van der Waals surface area contributed by atoms with Crippen LogP contribution in [0.3, 0.4) is 0 Å². The van der Waals surface area contributed by atoms with Crippen LogP contribution < -0.4 is 5.73 Å². The molecule has 0 fully saturated rings. The Morgan fingerprint density at radius 3 is 2.70 bits per heavy atom. The molecular formula is C15H14BrN3O. The molecule has 102 valence electrons. The van der Waals surface area contributed by atoms with Gasteiger partial charge in [0.15, 0.2) is 0 Å². The Balaban J connectivity index is 2.15. The molecule has 2 aromatic heterocycles. The van der Waals surface area contributed by atoms with Crippen LogP contribution >= 0.6 is 15.9 Å². The third-order valence-electron chi connectivity index (χ3n) is 3.43. The van der Waals surface area contributed by atoms with Crippen LogP contribution in [0.1, 0.15) is 28.8 Å². The molecule has 5 heteroatoms. The van der Waals surface area contributed by atoms with E-state index in [1.165, 1.54) is 0 Å². The lowest BCUT2D eigenvalue weighted by Gasteiger charge is -2.11. The monoisotopic (exact) mass is 331 g/mol. The summed E-state index contributed by atoms with van der Waals surface area (Å²) in [6.45, 7) is 3.91. The molecule has 1 atom stereocenters. The Labute approximate surface area is 125 Å². The predicted molar refractivity (Wildman–Crippen MR) is 81.5 cm³/mol. The average molecular weight is 332 g/mol. The van der Waals surface area contributed by atoms with E-state index in [0.29, 0.717) is 0 Å². The maximum absolute atomic E-state index is 6.31. The molecule has 1 aromatic carbocycles. The molecule has 0 bridgehead atoms. The van der Waals surface area contributed by atoms with Gasteiger partial charge < -0.3 is 10.2 Å². The number of benzene rings is 1. The zero-order chi connectivity index (χ0) is 14.3. The van der Waals surface area contributed by atoms with Crippen molar-refractivity contribution in [2.75, 3.05) is 0 Å². The van der Waals surface area contributed by atoms with Crippen LogP contribution in [-0.4, -0.2) is 9.97 Å². The van der Waals surface area contributed by atoms with Gasteiger partial charge in [-0.2, -0.15) is 0 Å². The number of nitrogens with two attached hydrogens (primary N) is 1. The van der Waals surface area contributed by atoms with E-state index >= 15 is 0 Å². The van der Waals surface area contributed by atoms with Gasteiger partial charge in [0.2, 0.25) is 0 Å². The van der Waals surface area contributed by atoms with Crippen molar-refractivity contribution in [2.24, 2.45) is 5.73 Å². The Hall–Kier alpha value is -1.72. The van der Waals surface area contributed by atoms with Crippen LogP contribution in [0.4, 0.5) is 0 Å². The molecule has 3 aromatic rings. The summed E-state index contributed by atoms with van der Waals surface area (Å²) in [7, 11) is 0. The third-order valence-corrected chi connectivity index (χ3v) is 3.92. The van der Waals surface area contributed by atoms with E-state index in [1.54, 1.807) is 12.4 Å². The zero-order valence-corrected chi connectivity index (χ0v) is 12.8. The van der Waals surface area contributed by atoms with Gasteiger partial charge in [0.05, 0.1) is 11.4 Å². The van der Waals surface area contributed by atoms with Gasteiger partial charge in [-0.05, 0) is 32.0 Å². The molecule has 0 aliphatic rings. The first-order valence-corrected chi connectivity index (χ1v) is 7.09. The van der Waals surface area contributed by atoms with Gasteiger partial charge in [0, 0.05) is 27.8 Å². The van der Waals surface area contributed by atoms with Gasteiger partial charge in [-0.25, -0.2) is 0 Å². The molecule has 3 rings (SSSR count). The first kappa shape index (κ1) is 13.3. The second-order valence-electron chi connectivity index (χ2n) is 4.74. The van der Waals surface area contributed by atoms with E-state index in [4.69, 9.17) is 10.2 Å². The van der Waals surface area contributed by atoms with E-state index in [1.807, 2.05) is 32.0 Å². The molecule has 0 aliphatic carbocycles. The normalized spacial score (nSPS) is 12.8. The van der Waals surface area contributed by atoms with Crippen molar-refractivity contribution >= 4 is 26.9 Å². The first-order valence-electron chi connectivity index (χ1n) is 6.29.